The largest absolute Gasteiger partial charge is 0.497 e. The van der Waals surface area contributed by atoms with Crippen LogP contribution in [0.5, 0.6) is 17.2 Å². The quantitative estimate of drug-likeness (QED) is 0.694. The third kappa shape index (κ3) is 4.58. The Morgan fingerprint density at radius 1 is 1.21 bits per heavy atom. The predicted molar refractivity (Wildman–Crippen MR) is 109 cm³/mol. The number of hydrogen-bond acceptors (Lipinski definition) is 6. The zero-order valence-electron chi connectivity index (χ0n) is 16.2. The van der Waals surface area contributed by atoms with Crippen molar-refractivity contribution < 1.29 is 19.0 Å². The molecule has 7 nitrogen and oxygen atoms in total. The lowest BCUT2D eigenvalue weighted by Crippen LogP contribution is -2.42. The number of carbonyl (C=O) groups excluding carboxylic acids is 1. The molecule has 2 unspecified atom stereocenters. The second kappa shape index (κ2) is 8.90. The van der Waals surface area contributed by atoms with E-state index in [9.17, 15) is 4.79 Å². The number of rotatable bonds is 5. The number of fused-ring (bicyclic) bond motifs is 1. The number of benzene rings is 2. The highest BCUT2D eigenvalue weighted by Gasteiger charge is 2.30. The molecule has 1 fully saturated rings. The number of carbonyl (C=O) groups is 1. The highest BCUT2D eigenvalue weighted by atomic mass is 35.5. The highest BCUT2D eigenvalue weighted by molar-refractivity contribution is 6.32. The van der Waals surface area contributed by atoms with Crippen LogP contribution in [0.1, 0.15) is 30.0 Å². The van der Waals surface area contributed by atoms with Gasteiger partial charge in [0.1, 0.15) is 11.8 Å². The SMILES string of the molecule is COc1ccc(C2CC(C(=O)NCc3cc(Cl)c4c(c3)OCCCO4)NN2)cc1. The molecule has 0 aliphatic carbocycles. The minimum absolute atomic E-state index is 0.0594. The van der Waals surface area contributed by atoms with Crippen molar-refractivity contribution in [3.63, 3.8) is 0 Å². The Hall–Kier alpha value is -2.48. The molecular weight excluding hydrogens is 394 g/mol. The summed E-state index contributed by atoms with van der Waals surface area (Å²) in [6, 6.07) is 11.2. The average molecular weight is 418 g/mol. The highest BCUT2D eigenvalue weighted by Crippen LogP contribution is 2.38. The molecule has 2 heterocycles. The number of hydrogen-bond donors (Lipinski definition) is 3. The summed E-state index contributed by atoms with van der Waals surface area (Å²) in [6.45, 7) is 1.53. The Balaban J connectivity index is 1.34. The molecule has 29 heavy (non-hydrogen) atoms. The van der Waals surface area contributed by atoms with Crippen LogP contribution in [-0.2, 0) is 11.3 Å². The van der Waals surface area contributed by atoms with Crippen LogP contribution < -0.4 is 30.4 Å². The van der Waals surface area contributed by atoms with Gasteiger partial charge >= 0.3 is 0 Å². The van der Waals surface area contributed by atoms with E-state index in [-0.39, 0.29) is 18.0 Å². The van der Waals surface area contributed by atoms with Gasteiger partial charge in [0.15, 0.2) is 11.5 Å². The molecule has 154 valence electrons. The second-order valence-corrected chi connectivity index (χ2v) is 7.48. The first-order valence-electron chi connectivity index (χ1n) is 9.65. The van der Waals surface area contributed by atoms with Gasteiger partial charge in [0.25, 0.3) is 0 Å². The van der Waals surface area contributed by atoms with Crippen LogP contribution in [0, 0.1) is 0 Å². The normalized spacial score (nSPS) is 20.8. The van der Waals surface area contributed by atoms with Crippen LogP contribution in [0.15, 0.2) is 36.4 Å². The third-order valence-electron chi connectivity index (χ3n) is 5.07. The fourth-order valence-electron chi connectivity index (χ4n) is 3.48. The summed E-state index contributed by atoms with van der Waals surface area (Å²) in [5, 5.41) is 3.46. The summed E-state index contributed by atoms with van der Waals surface area (Å²) in [4.78, 5) is 12.6. The maximum Gasteiger partial charge on any atom is 0.238 e. The first-order valence-corrected chi connectivity index (χ1v) is 10.0. The lowest BCUT2D eigenvalue weighted by atomic mass is 10.0. The van der Waals surface area contributed by atoms with Crippen LogP contribution in [0.2, 0.25) is 5.02 Å². The number of ether oxygens (including phenoxy) is 3. The lowest BCUT2D eigenvalue weighted by Gasteiger charge is -2.14. The topological polar surface area (TPSA) is 80.9 Å². The van der Waals surface area contributed by atoms with Gasteiger partial charge in [0, 0.05) is 19.0 Å². The molecule has 0 aromatic heterocycles. The standard InChI is InChI=1S/C21H24ClN3O4/c1-27-15-5-3-14(4-6-15)17-11-18(25-24-17)21(26)23-12-13-9-16(22)20-19(10-13)28-7-2-8-29-20/h3-6,9-10,17-18,24-25H,2,7-8,11-12H2,1H3,(H,23,26). The first-order chi connectivity index (χ1) is 14.1. The van der Waals surface area contributed by atoms with Crippen molar-refractivity contribution in [1.29, 1.82) is 0 Å². The molecular formula is C21H24ClN3O4. The molecule has 2 atom stereocenters. The number of nitrogens with one attached hydrogen (secondary N) is 3. The zero-order chi connectivity index (χ0) is 20.2. The summed E-state index contributed by atoms with van der Waals surface area (Å²) in [5.41, 5.74) is 8.23. The Morgan fingerprint density at radius 2 is 2.00 bits per heavy atom. The van der Waals surface area contributed by atoms with E-state index in [4.69, 9.17) is 25.8 Å². The monoisotopic (exact) mass is 417 g/mol. The third-order valence-corrected chi connectivity index (χ3v) is 5.35. The van der Waals surface area contributed by atoms with Crippen LogP contribution in [0.3, 0.4) is 0 Å². The van der Waals surface area contributed by atoms with Gasteiger partial charge in [-0.1, -0.05) is 23.7 Å². The van der Waals surface area contributed by atoms with E-state index < -0.39 is 0 Å². The Morgan fingerprint density at radius 3 is 2.79 bits per heavy atom. The molecule has 2 aromatic carbocycles. The summed E-state index contributed by atoms with van der Waals surface area (Å²) in [5.74, 6) is 1.93. The zero-order valence-corrected chi connectivity index (χ0v) is 16.9. The van der Waals surface area contributed by atoms with Crippen molar-refractivity contribution in [3.8, 4) is 17.2 Å². The Bertz CT molecular complexity index is 875. The van der Waals surface area contributed by atoms with Crippen molar-refractivity contribution in [2.45, 2.75) is 31.5 Å². The van der Waals surface area contributed by atoms with Gasteiger partial charge in [-0.25, -0.2) is 10.9 Å². The number of amides is 1. The maximum absolute atomic E-state index is 12.6. The van der Waals surface area contributed by atoms with Crippen LogP contribution >= 0.6 is 11.6 Å². The fourth-order valence-corrected chi connectivity index (χ4v) is 3.77. The first kappa shape index (κ1) is 19.8. The Labute approximate surface area is 174 Å². The van der Waals surface area contributed by atoms with E-state index in [1.165, 1.54) is 0 Å². The van der Waals surface area contributed by atoms with Gasteiger partial charge in [-0.05, 0) is 41.8 Å². The number of halogens is 1. The smallest absolute Gasteiger partial charge is 0.238 e. The molecule has 0 saturated carbocycles. The fraction of sp³-hybridized carbons (Fsp3) is 0.381. The van der Waals surface area contributed by atoms with Gasteiger partial charge in [-0.15, -0.1) is 0 Å². The molecule has 2 aliphatic rings. The van der Waals surface area contributed by atoms with E-state index in [2.05, 4.69) is 16.2 Å². The van der Waals surface area contributed by atoms with Gasteiger partial charge in [0.2, 0.25) is 5.91 Å². The number of methoxy groups -OCH3 is 1. The van der Waals surface area contributed by atoms with Crippen molar-refractivity contribution in [1.82, 2.24) is 16.2 Å². The second-order valence-electron chi connectivity index (χ2n) is 7.08. The van der Waals surface area contributed by atoms with Gasteiger partial charge in [0.05, 0.1) is 25.3 Å². The van der Waals surface area contributed by atoms with Crippen LogP contribution in [0.4, 0.5) is 0 Å². The van der Waals surface area contributed by atoms with E-state index >= 15 is 0 Å². The van der Waals surface area contributed by atoms with Crippen molar-refractivity contribution >= 4 is 17.5 Å². The van der Waals surface area contributed by atoms with E-state index in [1.54, 1.807) is 13.2 Å². The molecule has 1 saturated heterocycles. The van der Waals surface area contributed by atoms with Crippen LogP contribution in [-0.4, -0.2) is 32.3 Å². The lowest BCUT2D eigenvalue weighted by molar-refractivity contribution is -0.123. The minimum atomic E-state index is -0.321. The van der Waals surface area contributed by atoms with E-state index in [0.717, 1.165) is 23.3 Å². The molecule has 2 aliphatic heterocycles. The molecule has 0 bridgehead atoms. The molecule has 1 amide bonds. The molecule has 2 aromatic rings. The van der Waals surface area contributed by atoms with Crippen molar-refractivity contribution in [2.75, 3.05) is 20.3 Å². The van der Waals surface area contributed by atoms with Crippen molar-refractivity contribution in [2.24, 2.45) is 0 Å². The summed E-state index contributed by atoms with van der Waals surface area (Å²) in [6.07, 6.45) is 1.47. The maximum atomic E-state index is 12.6. The molecule has 8 heteroatoms. The Kier molecular flexibility index (Phi) is 6.08. The minimum Gasteiger partial charge on any atom is -0.497 e. The number of hydrazine groups is 1. The summed E-state index contributed by atoms with van der Waals surface area (Å²) >= 11 is 6.32. The molecule has 3 N–H and O–H groups in total. The van der Waals surface area contributed by atoms with Gasteiger partial charge in [-0.3, -0.25) is 4.79 Å². The average Bonchev–Trinajstić information content (AvgIpc) is 3.11. The molecule has 4 rings (SSSR count). The van der Waals surface area contributed by atoms with E-state index in [0.29, 0.717) is 42.7 Å². The molecule has 0 radical (unpaired) electrons. The summed E-state index contributed by atoms with van der Waals surface area (Å²) in [7, 11) is 1.64. The predicted octanol–water partition coefficient (Wildman–Crippen LogP) is 2.73. The van der Waals surface area contributed by atoms with Gasteiger partial charge < -0.3 is 19.5 Å². The summed E-state index contributed by atoms with van der Waals surface area (Å²) < 4.78 is 16.5. The van der Waals surface area contributed by atoms with Crippen LogP contribution in [0.25, 0.3) is 0 Å². The molecule has 0 spiro atoms. The van der Waals surface area contributed by atoms with Gasteiger partial charge in [-0.2, -0.15) is 0 Å². The van der Waals surface area contributed by atoms with Crippen molar-refractivity contribution in [3.05, 3.63) is 52.5 Å². The van der Waals surface area contributed by atoms with E-state index in [1.807, 2.05) is 30.3 Å².